The largest absolute Gasteiger partial charge is 0.353 e. The van der Waals surface area contributed by atoms with E-state index in [2.05, 4.69) is 15.5 Å². The molecule has 33 heavy (non-hydrogen) atoms. The number of carbonyl (C=O) groups excluding carboxylic acids is 1. The Morgan fingerprint density at radius 1 is 1.15 bits per heavy atom. The van der Waals surface area contributed by atoms with Crippen LogP contribution in [-0.2, 0) is 14.8 Å². The summed E-state index contributed by atoms with van der Waals surface area (Å²) in [6.45, 7) is 6.45. The summed E-state index contributed by atoms with van der Waals surface area (Å²) >= 11 is 1.35. The molecule has 4 rings (SSSR count). The van der Waals surface area contributed by atoms with Gasteiger partial charge in [-0.25, -0.2) is 8.42 Å². The van der Waals surface area contributed by atoms with Gasteiger partial charge >= 0.3 is 0 Å². The van der Waals surface area contributed by atoms with Gasteiger partial charge in [-0.15, -0.1) is 11.3 Å². The van der Waals surface area contributed by atoms with Crippen molar-refractivity contribution in [1.82, 2.24) is 19.8 Å². The first-order valence-electron chi connectivity index (χ1n) is 12.0. The standard InChI is InChI=1S/C23H34N4O4S2/c1-15(2)23-25-21(26-31-23)19-14-20(16(3)32-19)33(29,30)27-12-10-17(11-13-27)22(28)24-18-8-6-4-5-7-9-18/h14-15,17-18H,4-13H2,1-3H3,(H,24,28). The topological polar surface area (TPSA) is 105 Å². The fraction of sp³-hybridized carbons (Fsp3) is 0.696. The molecule has 1 aliphatic carbocycles. The van der Waals surface area contributed by atoms with Gasteiger partial charge in [0.15, 0.2) is 0 Å². The van der Waals surface area contributed by atoms with Crippen LogP contribution in [0, 0.1) is 12.8 Å². The average molecular weight is 495 g/mol. The molecule has 3 heterocycles. The van der Waals surface area contributed by atoms with Gasteiger partial charge in [-0.05, 0) is 38.7 Å². The van der Waals surface area contributed by atoms with E-state index in [-0.39, 0.29) is 23.8 Å². The number of nitrogens with one attached hydrogen (secondary N) is 1. The molecule has 10 heteroatoms. The Morgan fingerprint density at radius 3 is 2.42 bits per heavy atom. The summed E-state index contributed by atoms with van der Waals surface area (Å²) in [6.07, 6.45) is 8.05. The second-order valence-electron chi connectivity index (χ2n) is 9.52. The Kier molecular flexibility index (Phi) is 7.55. The third kappa shape index (κ3) is 5.49. The first kappa shape index (κ1) is 24.3. The van der Waals surface area contributed by atoms with Crippen LogP contribution < -0.4 is 5.32 Å². The van der Waals surface area contributed by atoms with Crippen molar-refractivity contribution in [3.8, 4) is 10.7 Å². The van der Waals surface area contributed by atoms with E-state index in [1.54, 1.807) is 13.0 Å². The molecule has 1 N–H and O–H groups in total. The van der Waals surface area contributed by atoms with E-state index in [4.69, 9.17) is 4.52 Å². The number of carbonyl (C=O) groups is 1. The molecule has 1 aliphatic heterocycles. The number of aromatic nitrogens is 2. The second-order valence-corrected chi connectivity index (χ2v) is 12.7. The van der Waals surface area contributed by atoms with Crippen molar-refractivity contribution >= 4 is 27.3 Å². The molecule has 0 spiro atoms. The highest BCUT2D eigenvalue weighted by molar-refractivity contribution is 7.89. The molecule has 2 aromatic heterocycles. The minimum Gasteiger partial charge on any atom is -0.353 e. The number of aryl methyl sites for hydroxylation is 1. The summed E-state index contributed by atoms with van der Waals surface area (Å²) in [5.74, 6) is 1.03. The number of amides is 1. The Hall–Kier alpha value is -1.78. The van der Waals surface area contributed by atoms with Crippen molar-refractivity contribution in [1.29, 1.82) is 0 Å². The molecule has 1 amide bonds. The Labute approximate surface area is 200 Å². The maximum atomic E-state index is 13.4. The zero-order chi connectivity index (χ0) is 23.6. The predicted molar refractivity (Wildman–Crippen MR) is 128 cm³/mol. The fourth-order valence-corrected chi connectivity index (χ4v) is 7.60. The summed E-state index contributed by atoms with van der Waals surface area (Å²) in [4.78, 5) is 18.8. The van der Waals surface area contributed by atoms with Crippen LogP contribution in [0.4, 0.5) is 0 Å². The van der Waals surface area contributed by atoms with Crippen LogP contribution in [0.15, 0.2) is 15.5 Å². The van der Waals surface area contributed by atoms with Crippen LogP contribution in [0.25, 0.3) is 10.7 Å². The smallest absolute Gasteiger partial charge is 0.244 e. The van der Waals surface area contributed by atoms with E-state index in [1.807, 2.05) is 13.8 Å². The number of thiophene rings is 1. The highest BCUT2D eigenvalue weighted by atomic mass is 32.2. The van der Waals surface area contributed by atoms with E-state index < -0.39 is 10.0 Å². The fourth-order valence-electron chi connectivity index (χ4n) is 4.64. The van der Waals surface area contributed by atoms with Gasteiger partial charge in [0.05, 0.1) is 9.77 Å². The first-order chi connectivity index (χ1) is 15.8. The van der Waals surface area contributed by atoms with E-state index in [1.165, 1.54) is 41.3 Å². The minimum absolute atomic E-state index is 0.0889. The molecule has 0 aromatic carbocycles. The molecule has 8 nitrogen and oxygen atoms in total. The molecule has 1 saturated heterocycles. The summed E-state index contributed by atoms with van der Waals surface area (Å²) in [6, 6.07) is 1.92. The molecule has 0 radical (unpaired) electrons. The summed E-state index contributed by atoms with van der Waals surface area (Å²) in [5.41, 5.74) is 0. The molecule has 2 aromatic rings. The van der Waals surface area contributed by atoms with Crippen LogP contribution >= 0.6 is 11.3 Å². The molecule has 0 bridgehead atoms. The molecule has 0 unspecified atom stereocenters. The van der Waals surface area contributed by atoms with E-state index >= 15 is 0 Å². The molecular formula is C23H34N4O4S2. The van der Waals surface area contributed by atoms with Crippen molar-refractivity contribution in [2.45, 2.75) is 89.0 Å². The molecule has 2 fully saturated rings. The SMILES string of the molecule is Cc1sc(-c2noc(C(C)C)n2)cc1S(=O)(=O)N1CCC(C(=O)NC2CCCCCC2)CC1. The van der Waals surface area contributed by atoms with Crippen LogP contribution in [0.5, 0.6) is 0 Å². The van der Waals surface area contributed by atoms with E-state index in [9.17, 15) is 13.2 Å². The minimum atomic E-state index is -3.64. The van der Waals surface area contributed by atoms with Crippen LogP contribution in [0.2, 0.25) is 0 Å². The zero-order valence-corrected chi connectivity index (χ0v) is 21.3. The Morgan fingerprint density at radius 2 is 1.82 bits per heavy atom. The van der Waals surface area contributed by atoms with Crippen molar-refractivity contribution < 1.29 is 17.7 Å². The van der Waals surface area contributed by atoms with Gasteiger partial charge in [0, 0.05) is 35.8 Å². The van der Waals surface area contributed by atoms with E-state index in [0.29, 0.717) is 52.3 Å². The zero-order valence-electron chi connectivity index (χ0n) is 19.7. The highest BCUT2D eigenvalue weighted by Gasteiger charge is 2.34. The van der Waals surface area contributed by atoms with Crippen LogP contribution in [0.3, 0.4) is 0 Å². The highest BCUT2D eigenvalue weighted by Crippen LogP contribution is 2.35. The quantitative estimate of drug-likeness (QED) is 0.594. The van der Waals surface area contributed by atoms with Crippen LogP contribution in [-0.4, -0.2) is 47.9 Å². The molecule has 0 atom stereocenters. The van der Waals surface area contributed by atoms with E-state index in [0.717, 1.165) is 12.8 Å². The van der Waals surface area contributed by atoms with Gasteiger partial charge in [0.1, 0.15) is 0 Å². The van der Waals surface area contributed by atoms with Gasteiger partial charge in [-0.1, -0.05) is 44.7 Å². The lowest BCUT2D eigenvalue weighted by atomic mass is 9.96. The molecular weight excluding hydrogens is 460 g/mol. The van der Waals surface area contributed by atoms with Crippen molar-refractivity contribution in [2.24, 2.45) is 5.92 Å². The lowest BCUT2D eigenvalue weighted by Crippen LogP contribution is -2.45. The van der Waals surface area contributed by atoms with Crippen molar-refractivity contribution in [3.63, 3.8) is 0 Å². The lowest BCUT2D eigenvalue weighted by Gasteiger charge is -2.31. The number of hydrogen-bond donors (Lipinski definition) is 1. The third-order valence-corrected chi connectivity index (χ3v) is 9.87. The normalized spacial score (nSPS) is 19.6. The van der Waals surface area contributed by atoms with Gasteiger partial charge < -0.3 is 9.84 Å². The predicted octanol–water partition coefficient (Wildman–Crippen LogP) is 4.47. The maximum Gasteiger partial charge on any atom is 0.244 e. The monoisotopic (exact) mass is 494 g/mol. The summed E-state index contributed by atoms with van der Waals surface area (Å²) in [5, 5.41) is 7.24. The van der Waals surface area contributed by atoms with Gasteiger partial charge in [0.2, 0.25) is 27.6 Å². The number of rotatable bonds is 6. The van der Waals surface area contributed by atoms with Crippen molar-refractivity contribution in [2.75, 3.05) is 13.1 Å². The summed E-state index contributed by atoms with van der Waals surface area (Å²) in [7, 11) is -3.64. The molecule has 2 aliphatic rings. The molecule has 1 saturated carbocycles. The maximum absolute atomic E-state index is 13.4. The Balaban J connectivity index is 1.39. The second kappa shape index (κ2) is 10.2. The summed E-state index contributed by atoms with van der Waals surface area (Å²) < 4.78 is 33.5. The van der Waals surface area contributed by atoms with Gasteiger partial charge in [-0.3, -0.25) is 4.79 Å². The number of sulfonamides is 1. The van der Waals surface area contributed by atoms with Gasteiger partial charge in [-0.2, -0.15) is 9.29 Å². The van der Waals surface area contributed by atoms with Crippen molar-refractivity contribution in [3.05, 3.63) is 16.8 Å². The third-order valence-electron chi connectivity index (χ3n) is 6.67. The average Bonchev–Trinajstić information content (AvgIpc) is 3.35. The first-order valence-corrected chi connectivity index (χ1v) is 14.3. The van der Waals surface area contributed by atoms with Crippen LogP contribution in [0.1, 0.15) is 81.9 Å². The number of hydrogen-bond acceptors (Lipinski definition) is 7. The number of piperidine rings is 1. The van der Waals surface area contributed by atoms with Gasteiger partial charge in [0.25, 0.3) is 0 Å². The number of nitrogens with zero attached hydrogens (tertiary/aromatic N) is 3. The molecule has 182 valence electrons. The Bertz CT molecular complexity index is 1060. The lowest BCUT2D eigenvalue weighted by molar-refractivity contribution is -0.126.